The molecule has 2 fully saturated rings. The molecule has 2 heterocycles. The smallest absolute Gasteiger partial charge is 0.239 e. The molecule has 0 aliphatic carbocycles. The third-order valence-electron chi connectivity index (χ3n) is 4.24. The molecule has 0 spiro atoms. The molecular weight excluding hydrogens is 264 g/mol. The molecule has 4 nitrogen and oxygen atoms in total. The summed E-state index contributed by atoms with van der Waals surface area (Å²) >= 11 is 0. The van der Waals surface area contributed by atoms with Crippen LogP contribution in [0.3, 0.4) is 0 Å². The standard InChI is InChI=1S/C14H26N2O2.ClH/c1-10-7-11(2)9-16(8-10)14(17)13(15)12-3-5-18-6-4-12;/h10-13H,3-9,15H2,1-2H3;1H. The van der Waals surface area contributed by atoms with Gasteiger partial charge in [0.25, 0.3) is 0 Å². The van der Waals surface area contributed by atoms with Crippen LogP contribution in [0.4, 0.5) is 0 Å². The van der Waals surface area contributed by atoms with Gasteiger partial charge in [-0.25, -0.2) is 0 Å². The summed E-state index contributed by atoms with van der Waals surface area (Å²) in [5.41, 5.74) is 6.17. The van der Waals surface area contributed by atoms with Crippen LogP contribution in [-0.4, -0.2) is 43.2 Å². The number of hydrogen-bond acceptors (Lipinski definition) is 3. The number of carbonyl (C=O) groups is 1. The van der Waals surface area contributed by atoms with Crippen molar-refractivity contribution in [3.8, 4) is 0 Å². The van der Waals surface area contributed by atoms with Crippen molar-refractivity contribution in [3.05, 3.63) is 0 Å². The number of carbonyl (C=O) groups excluding carboxylic acids is 1. The predicted octanol–water partition coefficient (Wildman–Crippen LogP) is 1.67. The van der Waals surface area contributed by atoms with Crippen LogP contribution in [-0.2, 0) is 9.53 Å². The number of hydrogen-bond donors (Lipinski definition) is 1. The van der Waals surface area contributed by atoms with Crippen LogP contribution in [0.15, 0.2) is 0 Å². The highest BCUT2D eigenvalue weighted by Crippen LogP contribution is 2.24. The van der Waals surface area contributed by atoms with E-state index in [-0.39, 0.29) is 24.4 Å². The summed E-state index contributed by atoms with van der Waals surface area (Å²) in [6.45, 7) is 7.68. The zero-order valence-corrected chi connectivity index (χ0v) is 12.8. The van der Waals surface area contributed by atoms with Gasteiger partial charge in [0, 0.05) is 26.3 Å². The van der Waals surface area contributed by atoms with Crippen LogP contribution >= 0.6 is 12.4 Å². The van der Waals surface area contributed by atoms with Crippen molar-refractivity contribution in [2.45, 2.75) is 39.2 Å². The zero-order chi connectivity index (χ0) is 13.1. The summed E-state index contributed by atoms with van der Waals surface area (Å²) in [4.78, 5) is 14.4. The summed E-state index contributed by atoms with van der Waals surface area (Å²) in [7, 11) is 0. The Morgan fingerprint density at radius 2 is 1.74 bits per heavy atom. The van der Waals surface area contributed by atoms with Gasteiger partial charge in [0.15, 0.2) is 0 Å². The van der Waals surface area contributed by atoms with Gasteiger partial charge in [0.05, 0.1) is 6.04 Å². The Morgan fingerprint density at radius 1 is 1.21 bits per heavy atom. The van der Waals surface area contributed by atoms with E-state index in [1.165, 1.54) is 6.42 Å². The summed E-state index contributed by atoms with van der Waals surface area (Å²) in [6, 6.07) is -0.327. The minimum absolute atomic E-state index is 0. The predicted molar refractivity (Wildman–Crippen MR) is 78.3 cm³/mol. The van der Waals surface area contributed by atoms with Crippen molar-refractivity contribution in [1.82, 2.24) is 4.90 Å². The fraction of sp³-hybridized carbons (Fsp3) is 0.929. The minimum Gasteiger partial charge on any atom is -0.381 e. The Bertz CT molecular complexity index is 285. The molecule has 0 saturated carbocycles. The Hall–Kier alpha value is -0.320. The third-order valence-corrected chi connectivity index (χ3v) is 4.24. The average Bonchev–Trinajstić information content (AvgIpc) is 2.37. The molecule has 0 bridgehead atoms. The van der Waals surface area contributed by atoms with Gasteiger partial charge >= 0.3 is 0 Å². The first-order chi connectivity index (χ1) is 8.58. The number of ether oxygens (including phenoxy) is 1. The normalized spacial score (nSPS) is 30.6. The first kappa shape index (κ1) is 16.7. The van der Waals surface area contributed by atoms with Crippen LogP contribution in [0.2, 0.25) is 0 Å². The second-order valence-corrected chi connectivity index (χ2v) is 6.16. The topological polar surface area (TPSA) is 55.6 Å². The molecule has 0 aromatic heterocycles. The van der Waals surface area contributed by atoms with Crippen molar-refractivity contribution in [2.75, 3.05) is 26.3 Å². The van der Waals surface area contributed by atoms with Crippen LogP contribution < -0.4 is 5.73 Å². The van der Waals surface area contributed by atoms with E-state index >= 15 is 0 Å². The molecule has 5 heteroatoms. The van der Waals surface area contributed by atoms with E-state index in [0.29, 0.717) is 17.8 Å². The Morgan fingerprint density at radius 3 is 2.26 bits per heavy atom. The maximum atomic E-state index is 12.4. The molecule has 2 aliphatic heterocycles. The fourth-order valence-electron chi connectivity index (χ4n) is 3.33. The van der Waals surface area contributed by atoms with E-state index in [1.807, 2.05) is 4.90 Å². The molecule has 0 radical (unpaired) electrons. The van der Waals surface area contributed by atoms with Crippen molar-refractivity contribution in [2.24, 2.45) is 23.5 Å². The molecule has 1 amide bonds. The van der Waals surface area contributed by atoms with Gasteiger partial charge in [-0.3, -0.25) is 4.79 Å². The maximum Gasteiger partial charge on any atom is 0.239 e. The van der Waals surface area contributed by atoms with Crippen molar-refractivity contribution in [1.29, 1.82) is 0 Å². The van der Waals surface area contributed by atoms with E-state index in [9.17, 15) is 4.79 Å². The molecule has 0 aromatic rings. The van der Waals surface area contributed by atoms with E-state index in [2.05, 4.69) is 13.8 Å². The molecule has 3 unspecified atom stereocenters. The SMILES string of the molecule is CC1CC(C)CN(C(=O)C(N)C2CCOCC2)C1.Cl. The van der Waals surface area contributed by atoms with Gasteiger partial charge in [-0.1, -0.05) is 13.8 Å². The third kappa shape index (κ3) is 4.33. The number of likely N-dealkylation sites (tertiary alicyclic amines) is 1. The van der Waals surface area contributed by atoms with Gasteiger partial charge in [0.2, 0.25) is 5.91 Å². The largest absolute Gasteiger partial charge is 0.381 e. The lowest BCUT2D eigenvalue weighted by atomic mass is 9.88. The van der Waals surface area contributed by atoms with Crippen molar-refractivity contribution >= 4 is 18.3 Å². The van der Waals surface area contributed by atoms with Crippen molar-refractivity contribution < 1.29 is 9.53 Å². The number of rotatable bonds is 2. The zero-order valence-electron chi connectivity index (χ0n) is 12.0. The summed E-state index contributed by atoms with van der Waals surface area (Å²) < 4.78 is 5.33. The molecule has 2 aliphatic rings. The number of piperidine rings is 1. The van der Waals surface area contributed by atoms with Crippen LogP contribution in [0, 0.1) is 17.8 Å². The highest BCUT2D eigenvalue weighted by Gasteiger charge is 2.33. The van der Waals surface area contributed by atoms with Gasteiger partial charge in [0.1, 0.15) is 0 Å². The van der Waals surface area contributed by atoms with E-state index < -0.39 is 0 Å². The molecule has 0 aromatic carbocycles. The Kier molecular flexibility index (Phi) is 6.57. The lowest BCUT2D eigenvalue weighted by molar-refractivity contribution is -0.137. The van der Waals surface area contributed by atoms with E-state index in [4.69, 9.17) is 10.5 Å². The van der Waals surface area contributed by atoms with Crippen LogP contribution in [0.25, 0.3) is 0 Å². The quantitative estimate of drug-likeness (QED) is 0.842. The van der Waals surface area contributed by atoms with Gasteiger partial charge < -0.3 is 15.4 Å². The molecular formula is C14H27ClN2O2. The number of nitrogens with zero attached hydrogens (tertiary/aromatic N) is 1. The van der Waals surface area contributed by atoms with E-state index in [1.54, 1.807) is 0 Å². The molecule has 112 valence electrons. The number of amides is 1. The Balaban J connectivity index is 0.00000180. The summed E-state index contributed by atoms with van der Waals surface area (Å²) in [6.07, 6.45) is 3.06. The molecule has 2 N–H and O–H groups in total. The second-order valence-electron chi connectivity index (χ2n) is 6.16. The first-order valence-corrected chi connectivity index (χ1v) is 7.20. The second kappa shape index (κ2) is 7.46. The minimum atomic E-state index is -0.327. The number of nitrogens with two attached hydrogens (primary N) is 1. The van der Waals surface area contributed by atoms with Crippen LogP contribution in [0.1, 0.15) is 33.1 Å². The molecule has 2 rings (SSSR count). The van der Waals surface area contributed by atoms with Gasteiger partial charge in [-0.15, -0.1) is 12.4 Å². The summed E-state index contributed by atoms with van der Waals surface area (Å²) in [5, 5.41) is 0. The van der Waals surface area contributed by atoms with Gasteiger partial charge in [-0.05, 0) is 37.0 Å². The summed E-state index contributed by atoms with van der Waals surface area (Å²) in [5.74, 6) is 1.65. The molecule has 3 atom stereocenters. The highest BCUT2D eigenvalue weighted by molar-refractivity contribution is 5.85. The van der Waals surface area contributed by atoms with E-state index in [0.717, 1.165) is 39.1 Å². The van der Waals surface area contributed by atoms with Crippen LogP contribution in [0.5, 0.6) is 0 Å². The maximum absolute atomic E-state index is 12.4. The molecule has 19 heavy (non-hydrogen) atoms. The lowest BCUT2D eigenvalue weighted by Crippen LogP contribution is -2.52. The number of halogens is 1. The molecule has 2 saturated heterocycles. The monoisotopic (exact) mass is 290 g/mol. The van der Waals surface area contributed by atoms with Crippen molar-refractivity contribution in [3.63, 3.8) is 0 Å². The Labute approximate surface area is 122 Å². The first-order valence-electron chi connectivity index (χ1n) is 7.20. The fourth-order valence-corrected chi connectivity index (χ4v) is 3.33. The lowest BCUT2D eigenvalue weighted by Gasteiger charge is -2.38. The van der Waals surface area contributed by atoms with Gasteiger partial charge in [-0.2, -0.15) is 0 Å². The average molecular weight is 291 g/mol. The highest BCUT2D eigenvalue weighted by atomic mass is 35.5.